The molecule has 0 aliphatic heterocycles. The Bertz CT molecular complexity index is 537. The summed E-state index contributed by atoms with van der Waals surface area (Å²) >= 11 is 0. The third kappa shape index (κ3) is 6.28. The van der Waals surface area contributed by atoms with Gasteiger partial charge >= 0.3 is 6.18 Å². The summed E-state index contributed by atoms with van der Waals surface area (Å²) in [4.78, 5) is 10.4. The van der Waals surface area contributed by atoms with Crippen molar-refractivity contribution in [3.05, 3.63) is 27.8 Å². The van der Waals surface area contributed by atoms with Crippen molar-refractivity contribution in [1.29, 1.82) is 0 Å². The van der Waals surface area contributed by atoms with Crippen molar-refractivity contribution in [2.24, 2.45) is 0 Å². The van der Waals surface area contributed by atoms with Crippen LogP contribution in [0.25, 0.3) is 0 Å². The predicted molar refractivity (Wildman–Crippen MR) is 74.8 cm³/mol. The Labute approximate surface area is 130 Å². The highest BCUT2D eigenvalue weighted by Gasteiger charge is 2.30. The van der Waals surface area contributed by atoms with Gasteiger partial charge in [0.2, 0.25) is 0 Å². The molecule has 0 bridgehead atoms. The molecule has 0 amide bonds. The number of hydrogen-bond donors (Lipinski definition) is 1. The van der Waals surface area contributed by atoms with Crippen LogP contribution < -0.4 is 14.8 Å². The van der Waals surface area contributed by atoms with Crippen molar-refractivity contribution in [2.75, 3.05) is 34.0 Å². The summed E-state index contributed by atoms with van der Waals surface area (Å²) in [7, 11) is 2.75. The lowest BCUT2D eigenvalue weighted by molar-refractivity contribution is -0.385. The van der Waals surface area contributed by atoms with E-state index < -0.39 is 17.7 Å². The highest BCUT2D eigenvalue weighted by atomic mass is 19.4. The minimum Gasteiger partial charge on any atom is -0.493 e. The predicted octanol–water partition coefficient (Wildman–Crippen LogP) is 2.28. The van der Waals surface area contributed by atoms with Crippen LogP contribution >= 0.6 is 0 Å². The minimum atomic E-state index is -4.56. The van der Waals surface area contributed by atoms with Crippen molar-refractivity contribution in [3.8, 4) is 11.5 Å². The Hall–Kier alpha value is -2.07. The molecule has 0 aliphatic carbocycles. The quantitative estimate of drug-likeness (QED) is 0.423. The molecule has 1 rings (SSSR count). The van der Waals surface area contributed by atoms with Gasteiger partial charge < -0.3 is 19.5 Å². The number of nitro benzene ring substituents is 1. The minimum absolute atomic E-state index is 0.0107. The zero-order chi connectivity index (χ0) is 17.5. The molecular weight excluding hydrogens is 321 g/mol. The van der Waals surface area contributed by atoms with Crippen molar-refractivity contribution in [3.63, 3.8) is 0 Å². The first-order valence-electron chi connectivity index (χ1n) is 6.53. The van der Waals surface area contributed by atoms with Crippen molar-refractivity contribution in [1.82, 2.24) is 5.32 Å². The molecule has 0 saturated carbocycles. The second kappa shape index (κ2) is 8.53. The summed E-state index contributed by atoms with van der Waals surface area (Å²) in [6, 6.07) is 2.21. The van der Waals surface area contributed by atoms with Gasteiger partial charge in [-0.2, -0.15) is 13.2 Å². The average molecular weight is 338 g/mol. The number of nitrogens with zero attached hydrogens (tertiary/aromatic N) is 1. The molecule has 7 nitrogen and oxygen atoms in total. The summed E-state index contributed by atoms with van der Waals surface area (Å²) in [5.74, 6) is -0.347. The van der Waals surface area contributed by atoms with Crippen LogP contribution in [0.4, 0.5) is 18.9 Å². The number of benzene rings is 1. The molecule has 1 aromatic carbocycles. The fourth-order valence-electron chi connectivity index (χ4n) is 1.73. The first-order valence-corrected chi connectivity index (χ1v) is 6.53. The summed E-state index contributed by atoms with van der Waals surface area (Å²) in [6.45, 7) is -0.554. The van der Waals surface area contributed by atoms with Gasteiger partial charge in [-0.15, -0.1) is 0 Å². The third-order valence-electron chi connectivity index (χ3n) is 2.75. The van der Waals surface area contributed by atoms with Gasteiger partial charge in [0.15, 0.2) is 18.1 Å². The maximum atomic E-state index is 12.2. The van der Waals surface area contributed by atoms with Crippen LogP contribution in [0.2, 0.25) is 0 Å². The molecule has 0 spiro atoms. The van der Waals surface area contributed by atoms with E-state index in [9.17, 15) is 23.3 Å². The second-order valence-corrected chi connectivity index (χ2v) is 4.46. The molecule has 130 valence electrons. The summed E-state index contributed by atoms with van der Waals surface area (Å²) in [5, 5.41) is 14.0. The van der Waals surface area contributed by atoms with Crippen molar-refractivity contribution < 1.29 is 32.3 Å². The topological polar surface area (TPSA) is 82.9 Å². The van der Waals surface area contributed by atoms with Crippen LogP contribution in [0.5, 0.6) is 11.5 Å². The van der Waals surface area contributed by atoms with E-state index in [1.165, 1.54) is 20.3 Å². The van der Waals surface area contributed by atoms with Gasteiger partial charge in [-0.25, -0.2) is 0 Å². The zero-order valence-electron chi connectivity index (χ0n) is 12.6. The second-order valence-electron chi connectivity index (χ2n) is 4.46. The van der Waals surface area contributed by atoms with E-state index in [2.05, 4.69) is 10.1 Å². The first kappa shape index (κ1) is 19.0. The maximum Gasteiger partial charge on any atom is 0.422 e. The standard InChI is InChI=1S/C13H17F3N2O5/c1-21-4-3-17-7-9-5-11(22-2)12(6-10(9)18(19)20)23-8-13(14,15)16/h5-6,17H,3-4,7-8H2,1-2H3. The van der Waals surface area contributed by atoms with Gasteiger partial charge in [0.05, 0.1) is 24.7 Å². The highest BCUT2D eigenvalue weighted by molar-refractivity contribution is 5.54. The van der Waals surface area contributed by atoms with Crippen LogP contribution in [-0.4, -0.2) is 45.1 Å². The molecule has 0 atom stereocenters. The summed E-state index contributed by atoms with van der Waals surface area (Å²) in [6.07, 6.45) is -4.56. The Morgan fingerprint density at radius 1 is 1.26 bits per heavy atom. The Morgan fingerprint density at radius 3 is 2.48 bits per heavy atom. The lowest BCUT2D eigenvalue weighted by atomic mass is 10.1. The maximum absolute atomic E-state index is 12.2. The van der Waals surface area contributed by atoms with Crippen molar-refractivity contribution in [2.45, 2.75) is 12.7 Å². The fraction of sp³-hybridized carbons (Fsp3) is 0.538. The molecule has 10 heteroatoms. The molecule has 0 fully saturated rings. The number of halogens is 3. The first-order chi connectivity index (χ1) is 10.8. The van der Waals surface area contributed by atoms with E-state index in [1.807, 2.05) is 0 Å². The molecule has 0 saturated heterocycles. The number of alkyl halides is 3. The average Bonchev–Trinajstić information content (AvgIpc) is 2.48. The van der Waals surface area contributed by atoms with Crippen LogP contribution in [0, 0.1) is 10.1 Å². The van der Waals surface area contributed by atoms with Gasteiger partial charge in [0, 0.05) is 25.8 Å². The Balaban J connectivity index is 3.00. The van der Waals surface area contributed by atoms with E-state index in [1.54, 1.807) is 0 Å². The molecule has 0 heterocycles. The van der Waals surface area contributed by atoms with Crippen LogP contribution in [0.3, 0.4) is 0 Å². The number of nitro groups is 1. The number of methoxy groups -OCH3 is 2. The van der Waals surface area contributed by atoms with E-state index in [4.69, 9.17) is 9.47 Å². The molecule has 23 heavy (non-hydrogen) atoms. The van der Waals surface area contributed by atoms with Gasteiger partial charge in [-0.3, -0.25) is 10.1 Å². The smallest absolute Gasteiger partial charge is 0.422 e. The SMILES string of the molecule is COCCNCc1cc(OC)c(OCC(F)(F)F)cc1[N+](=O)[O-]. The molecular formula is C13H17F3N2O5. The fourth-order valence-corrected chi connectivity index (χ4v) is 1.73. The molecule has 1 N–H and O–H groups in total. The molecule has 1 aromatic rings. The lowest BCUT2D eigenvalue weighted by Gasteiger charge is -2.14. The van der Waals surface area contributed by atoms with Crippen molar-refractivity contribution >= 4 is 5.69 Å². The molecule has 0 unspecified atom stereocenters. The highest BCUT2D eigenvalue weighted by Crippen LogP contribution is 2.35. The van der Waals surface area contributed by atoms with Crippen LogP contribution in [-0.2, 0) is 11.3 Å². The summed E-state index contributed by atoms with van der Waals surface area (Å²) in [5.41, 5.74) is -0.0878. The molecule has 0 aliphatic rings. The molecule has 0 aromatic heterocycles. The normalized spacial score (nSPS) is 11.3. The van der Waals surface area contributed by atoms with E-state index >= 15 is 0 Å². The van der Waals surface area contributed by atoms with Gasteiger partial charge in [0.1, 0.15) is 0 Å². The third-order valence-corrected chi connectivity index (χ3v) is 2.75. The van der Waals surface area contributed by atoms with E-state index in [0.29, 0.717) is 13.2 Å². The van der Waals surface area contributed by atoms with Gasteiger partial charge in [-0.1, -0.05) is 0 Å². The van der Waals surface area contributed by atoms with Gasteiger partial charge in [-0.05, 0) is 6.07 Å². The van der Waals surface area contributed by atoms with Gasteiger partial charge in [0.25, 0.3) is 5.69 Å². The van der Waals surface area contributed by atoms with E-state index in [-0.39, 0.29) is 29.3 Å². The number of hydrogen-bond acceptors (Lipinski definition) is 6. The zero-order valence-corrected chi connectivity index (χ0v) is 12.6. The van der Waals surface area contributed by atoms with E-state index in [0.717, 1.165) is 6.07 Å². The summed E-state index contributed by atoms with van der Waals surface area (Å²) < 4.78 is 51.1. The van der Waals surface area contributed by atoms with Crippen LogP contribution in [0.15, 0.2) is 12.1 Å². The molecule has 0 radical (unpaired) electrons. The number of nitrogens with one attached hydrogen (secondary N) is 1. The Morgan fingerprint density at radius 2 is 1.96 bits per heavy atom. The van der Waals surface area contributed by atoms with Crippen LogP contribution in [0.1, 0.15) is 5.56 Å². The number of rotatable bonds is 9. The number of ether oxygens (including phenoxy) is 3. The Kier molecular flexibility index (Phi) is 7.04. The lowest BCUT2D eigenvalue weighted by Crippen LogP contribution is -2.20. The largest absolute Gasteiger partial charge is 0.493 e. The monoisotopic (exact) mass is 338 g/mol.